The van der Waals surface area contributed by atoms with Crippen LogP contribution in [0.2, 0.25) is 0 Å². The molecule has 0 aliphatic carbocycles. The molecule has 0 saturated heterocycles. The monoisotopic (exact) mass is 1440 g/mol. The van der Waals surface area contributed by atoms with Crippen molar-refractivity contribution in [3.63, 3.8) is 0 Å². The first-order valence-corrected chi connectivity index (χ1v) is 45.9. The molecular weight excluding hydrogens is 1270 g/mol. The summed E-state index contributed by atoms with van der Waals surface area (Å²) in [7, 11) is -4.40. The van der Waals surface area contributed by atoms with Crippen molar-refractivity contribution in [1.29, 1.82) is 0 Å². The molecule has 0 rings (SSSR count). The number of carbonyl (C=O) groups is 2. The van der Waals surface area contributed by atoms with Crippen LogP contribution in [0.15, 0.2) is 72.9 Å². The standard InChI is InChI=1S/C91H170NO8P/c1-3-5-7-9-11-13-15-17-19-21-23-25-27-29-31-33-35-37-39-41-43-44-46-47-49-51-53-55-57-59-61-63-65-67-69-71-73-75-77-79-81-83-90(93)97-87-89(88-99-101(95,96)98-86-85-92)100-91(94)84-82-80-78-76-74-72-70-68-66-64-62-60-58-56-54-52-50-48-45-42-40-38-36-34-32-30-28-26-24-22-20-18-16-14-12-10-8-6-4-2/h6,8,12,14,18,20-21,23-24,26,30,32,89H,3-5,7,9-11,13,15-17,19,22,25,27-29,31,33-88,92H2,1-2H3,(H,95,96)/b8-6-,14-12-,20-18-,23-21-,26-24-,32-30-. The lowest BCUT2D eigenvalue weighted by molar-refractivity contribution is -0.161. The number of hydrogen-bond acceptors (Lipinski definition) is 8. The van der Waals surface area contributed by atoms with Gasteiger partial charge in [0, 0.05) is 19.4 Å². The molecule has 0 bridgehead atoms. The van der Waals surface area contributed by atoms with Crippen LogP contribution in [-0.2, 0) is 32.7 Å². The second-order valence-electron chi connectivity index (χ2n) is 30.1. The first kappa shape index (κ1) is 98.5. The number of unbranched alkanes of at least 4 members (excludes halogenated alkanes) is 60. The van der Waals surface area contributed by atoms with E-state index in [1.54, 1.807) is 0 Å². The molecule has 0 aliphatic rings. The van der Waals surface area contributed by atoms with Gasteiger partial charge in [-0.05, 0) is 83.5 Å². The van der Waals surface area contributed by atoms with Crippen LogP contribution in [-0.4, -0.2) is 49.3 Å². The zero-order chi connectivity index (χ0) is 72.9. The van der Waals surface area contributed by atoms with Gasteiger partial charge < -0.3 is 20.1 Å². The molecule has 0 aromatic heterocycles. The average molecular weight is 1440 g/mol. The first-order chi connectivity index (χ1) is 49.8. The molecule has 0 fully saturated rings. The van der Waals surface area contributed by atoms with E-state index in [2.05, 4.69) is 86.8 Å². The summed E-state index contributed by atoms with van der Waals surface area (Å²) < 4.78 is 33.3. The van der Waals surface area contributed by atoms with E-state index < -0.39 is 26.5 Å². The minimum absolute atomic E-state index is 0.0555. The molecule has 0 aromatic rings. The molecule has 2 atom stereocenters. The molecule has 101 heavy (non-hydrogen) atoms. The van der Waals surface area contributed by atoms with E-state index >= 15 is 0 Å². The number of rotatable bonds is 85. The Morgan fingerprint density at radius 1 is 0.307 bits per heavy atom. The van der Waals surface area contributed by atoms with Gasteiger partial charge in [-0.3, -0.25) is 18.6 Å². The number of hydrogen-bond donors (Lipinski definition) is 2. The van der Waals surface area contributed by atoms with Crippen molar-refractivity contribution in [2.45, 2.75) is 469 Å². The number of nitrogens with two attached hydrogens (primary N) is 1. The van der Waals surface area contributed by atoms with Crippen molar-refractivity contribution in [1.82, 2.24) is 0 Å². The van der Waals surface area contributed by atoms with Crippen LogP contribution in [0.25, 0.3) is 0 Å². The summed E-state index contributed by atoms with van der Waals surface area (Å²) >= 11 is 0. The topological polar surface area (TPSA) is 134 Å². The fraction of sp³-hybridized carbons (Fsp3) is 0.846. The molecule has 0 spiro atoms. The number of allylic oxidation sites excluding steroid dienone is 12. The number of ether oxygens (including phenoxy) is 2. The number of phosphoric acid groups is 1. The maximum Gasteiger partial charge on any atom is 0.472 e. The van der Waals surface area contributed by atoms with Crippen LogP contribution in [0.1, 0.15) is 463 Å². The van der Waals surface area contributed by atoms with Crippen molar-refractivity contribution >= 4 is 19.8 Å². The van der Waals surface area contributed by atoms with E-state index in [0.717, 1.165) is 64.2 Å². The average Bonchev–Trinajstić information content (AvgIpc) is 1.01. The predicted molar refractivity (Wildman–Crippen MR) is 441 cm³/mol. The minimum atomic E-state index is -4.40. The van der Waals surface area contributed by atoms with Gasteiger partial charge in [0.05, 0.1) is 13.2 Å². The highest BCUT2D eigenvalue weighted by Gasteiger charge is 2.26. The Kier molecular flexibility index (Phi) is 84.2. The van der Waals surface area contributed by atoms with Gasteiger partial charge in [0.1, 0.15) is 6.61 Å². The van der Waals surface area contributed by atoms with Crippen molar-refractivity contribution in [2.75, 3.05) is 26.4 Å². The third-order valence-electron chi connectivity index (χ3n) is 20.1. The molecule has 2 unspecified atom stereocenters. The first-order valence-electron chi connectivity index (χ1n) is 44.4. The number of esters is 2. The van der Waals surface area contributed by atoms with Crippen LogP contribution < -0.4 is 5.73 Å². The highest BCUT2D eigenvalue weighted by atomic mass is 31.2. The van der Waals surface area contributed by atoms with E-state index in [4.69, 9.17) is 24.3 Å². The van der Waals surface area contributed by atoms with Gasteiger partial charge in [0.2, 0.25) is 0 Å². The van der Waals surface area contributed by atoms with Crippen LogP contribution in [0, 0.1) is 0 Å². The largest absolute Gasteiger partial charge is 0.472 e. The van der Waals surface area contributed by atoms with Gasteiger partial charge in [0.15, 0.2) is 6.10 Å². The van der Waals surface area contributed by atoms with Gasteiger partial charge in [-0.2, -0.15) is 0 Å². The fourth-order valence-electron chi connectivity index (χ4n) is 13.6. The molecule has 0 saturated carbocycles. The van der Waals surface area contributed by atoms with E-state index in [0.29, 0.717) is 6.42 Å². The number of carbonyl (C=O) groups excluding carboxylic acids is 2. The summed E-state index contributed by atoms with van der Waals surface area (Å²) in [5.41, 5.74) is 5.43. The number of phosphoric ester groups is 1. The highest BCUT2D eigenvalue weighted by Crippen LogP contribution is 2.43. The maximum atomic E-state index is 12.8. The molecule has 0 radical (unpaired) electrons. The van der Waals surface area contributed by atoms with Gasteiger partial charge in [-0.15, -0.1) is 0 Å². The van der Waals surface area contributed by atoms with Crippen LogP contribution in [0.5, 0.6) is 0 Å². The van der Waals surface area contributed by atoms with E-state index in [1.807, 2.05) is 0 Å². The zero-order valence-corrected chi connectivity index (χ0v) is 68.1. The van der Waals surface area contributed by atoms with Crippen molar-refractivity contribution in [2.24, 2.45) is 5.73 Å². The Labute approximate surface area is 628 Å². The van der Waals surface area contributed by atoms with Gasteiger partial charge in [-0.1, -0.05) is 440 Å². The third kappa shape index (κ3) is 86.3. The molecule has 3 N–H and O–H groups in total. The predicted octanol–water partition coefficient (Wildman–Crippen LogP) is 30.2. The van der Waals surface area contributed by atoms with Crippen LogP contribution in [0.4, 0.5) is 0 Å². The highest BCUT2D eigenvalue weighted by molar-refractivity contribution is 7.47. The van der Waals surface area contributed by atoms with E-state index in [1.165, 1.54) is 366 Å². The Balaban J connectivity index is 3.70. The van der Waals surface area contributed by atoms with Gasteiger partial charge >= 0.3 is 19.8 Å². The lowest BCUT2D eigenvalue weighted by Gasteiger charge is -2.19. The molecule has 0 aliphatic heterocycles. The zero-order valence-electron chi connectivity index (χ0n) is 67.2. The molecular formula is C91H170NO8P. The molecule has 592 valence electrons. The molecule has 10 heteroatoms. The fourth-order valence-corrected chi connectivity index (χ4v) is 14.3. The molecule has 9 nitrogen and oxygen atoms in total. The third-order valence-corrected chi connectivity index (χ3v) is 21.1. The van der Waals surface area contributed by atoms with Gasteiger partial charge in [0.25, 0.3) is 0 Å². The summed E-state index contributed by atoms with van der Waals surface area (Å²) in [5, 5.41) is 0. The summed E-state index contributed by atoms with van der Waals surface area (Å²) in [6.07, 6.45) is 117. The quantitative estimate of drug-likeness (QED) is 0.0264. The van der Waals surface area contributed by atoms with E-state index in [9.17, 15) is 19.0 Å². The van der Waals surface area contributed by atoms with Crippen LogP contribution in [0.3, 0.4) is 0 Å². The molecule has 0 aromatic carbocycles. The lowest BCUT2D eigenvalue weighted by atomic mass is 10.0. The maximum absolute atomic E-state index is 12.8. The second kappa shape index (κ2) is 86.4. The lowest BCUT2D eigenvalue weighted by Crippen LogP contribution is -2.29. The summed E-state index contributed by atoms with van der Waals surface area (Å²) in [5.74, 6) is -0.801. The van der Waals surface area contributed by atoms with Crippen molar-refractivity contribution < 1.29 is 37.6 Å². The Hall–Kier alpha value is -2.55. The molecule has 0 amide bonds. The smallest absolute Gasteiger partial charge is 0.462 e. The summed E-state index contributed by atoms with van der Waals surface area (Å²) in [4.78, 5) is 35.5. The normalized spacial score (nSPS) is 13.1. The van der Waals surface area contributed by atoms with Crippen molar-refractivity contribution in [3.05, 3.63) is 72.9 Å². The SMILES string of the molecule is CC/C=C\C/C=C\C/C=C\C/C=C\C/C=C\CCCCCCCCCCCCCCCCCCCCCCCCCC(=O)OC(COC(=O)CCCCCCCCCCCCCCCCCCCCCCCCCCCCCCC/C=C\CCCCCCCCCC)COP(=O)(O)OCCN. The Morgan fingerprint density at radius 2 is 0.545 bits per heavy atom. The minimum Gasteiger partial charge on any atom is -0.462 e. The van der Waals surface area contributed by atoms with Crippen molar-refractivity contribution in [3.8, 4) is 0 Å². The Morgan fingerprint density at radius 3 is 0.822 bits per heavy atom. The summed E-state index contributed by atoms with van der Waals surface area (Å²) in [6.45, 7) is 3.71. The van der Waals surface area contributed by atoms with E-state index in [-0.39, 0.29) is 38.6 Å². The van der Waals surface area contributed by atoms with Gasteiger partial charge in [-0.25, -0.2) is 4.57 Å². The molecule has 0 heterocycles. The Bertz CT molecular complexity index is 1890. The van der Waals surface area contributed by atoms with Crippen LogP contribution >= 0.6 is 7.82 Å². The summed E-state index contributed by atoms with van der Waals surface area (Å²) in [6, 6.07) is 0. The second-order valence-corrected chi connectivity index (χ2v) is 31.5.